The Balaban J connectivity index is 0.00000225. The van der Waals surface area contributed by atoms with E-state index in [9.17, 15) is 4.79 Å². The van der Waals surface area contributed by atoms with Crippen LogP contribution in [-0.2, 0) is 11.3 Å². The monoisotopic (exact) mass is 367 g/mol. The van der Waals surface area contributed by atoms with Crippen LogP contribution >= 0.6 is 12.4 Å². The predicted molar refractivity (Wildman–Crippen MR) is 102 cm³/mol. The first-order chi connectivity index (χ1) is 11.7. The normalized spacial score (nSPS) is 19.9. The zero-order chi connectivity index (χ0) is 16.8. The highest BCUT2D eigenvalue weighted by Gasteiger charge is 2.40. The summed E-state index contributed by atoms with van der Waals surface area (Å²) in [6.45, 7) is 3.97. The van der Waals surface area contributed by atoms with Crippen molar-refractivity contribution < 1.29 is 9.53 Å². The molecular weight excluding hydrogens is 338 g/mol. The van der Waals surface area contributed by atoms with E-state index in [-0.39, 0.29) is 23.9 Å². The van der Waals surface area contributed by atoms with Crippen LogP contribution in [0.15, 0.2) is 24.3 Å². The van der Waals surface area contributed by atoms with E-state index in [2.05, 4.69) is 15.5 Å². The van der Waals surface area contributed by atoms with Crippen molar-refractivity contribution in [1.29, 1.82) is 0 Å². The van der Waals surface area contributed by atoms with Crippen molar-refractivity contribution in [3.8, 4) is 5.75 Å². The van der Waals surface area contributed by atoms with Crippen LogP contribution in [0.5, 0.6) is 5.75 Å². The Kier molecular flexibility index (Phi) is 7.54. The summed E-state index contributed by atoms with van der Waals surface area (Å²) in [5, 5.41) is 6.59. The molecule has 1 aromatic carbocycles. The Morgan fingerprint density at radius 1 is 1.28 bits per heavy atom. The van der Waals surface area contributed by atoms with Crippen LogP contribution in [0.4, 0.5) is 0 Å². The topological polar surface area (TPSA) is 53.6 Å². The molecule has 1 aliphatic heterocycles. The predicted octanol–water partition coefficient (Wildman–Crippen LogP) is 2.34. The number of para-hydroxylation sites is 1. The van der Waals surface area contributed by atoms with Crippen LogP contribution in [0.3, 0.4) is 0 Å². The number of carbonyl (C=O) groups is 1. The SMILES string of the molecule is COc1ccccc1CNC(=O)CN1CCNCC12CCCCC2.Cl. The fraction of sp³-hybridized carbons (Fsp3) is 0.632. The third-order valence-corrected chi connectivity index (χ3v) is 5.47. The molecule has 1 aliphatic carbocycles. The Bertz CT molecular complexity index is 553. The first-order valence-corrected chi connectivity index (χ1v) is 9.08. The van der Waals surface area contributed by atoms with Crippen molar-refractivity contribution in [1.82, 2.24) is 15.5 Å². The molecule has 0 unspecified atom stereocenters. The van der Waals surface area contributed by atoms with Crippen molar-refractivity contribution in [2.45, 2.75) is 44.2 Å². The van der Waals surface area contributed by atoms with Gasteiger partial charge in [-0.2, -0.15) is 0 Å². The minimum atomic E-state index is 0. The lowest BCUT2D eigenvalue weighted by molar-refractivity contribution is -0.125. The van der Waals surface area contributed by atoms with Crippen molar-refractivity contribution in [3.63, 3.8) is 0 Å². The first kappa shape index (κ1) is 20.0. The summed E-state index contributed by atoms with van der Waals surface area (Å²) in [5.41, 5.74) is 1.21. The molecule has 140 valence electrons. The molecule has 1 saturated carbocycles. The highest BCUT2D eigenvalue weighted by atomic mass is 35.5. The largest absolute Gasteiger partial charge is 0.496 e. The molecule has 1 spiro atoms. The summed E-state index contributed by atoms with van der Waals surface area (Å²) in [6.07, 6.45) is 6.30. The number of ether oxygens (including phenoxy) is 1. The number of carbonyl (C=O) groups excluding carboxylic acids is 1. The van der Waals surface area contributed by atoms with Gasteiger partial charge >= 0.3 is 0 Å². The minimum absolute atomic E-state index is 0. The molecule has 2 aliphatic rings. The second kappa shape index (κ2) is 9.41. The van der Waals surface area contributed by atoms with E-state index >= 15 is 0 Å². The van der Waals surface area contributed by atoms with E-state index in [4.69, 9.17) is 4.74 Å². The van der Waals surface area contributed by atoms with E-state index in [0.29, 0.717) is 13.1 Å². The van der Waals surface area contributed by atoms with Crippen LogP contribution in [0.1, 0.15) is 37.7 Å². The number of piperazine rings is 1. The molecule has 3 rings (SSSR count). The van der Waals surface area contributed by atoms with E-state index in [1.54, 1.807) is 7.11 Å². The maximum atomic E-state index is 12.5. The molecule has 25 heavy (non-hydrogen) atoms. The molecule has 1 heterocycles. The van der Waals surface area contributed by atoms with Gasteiger partial charge in [0.25, 0.3) is 0 Å². The van der Waals surface area contributed by atoms with Gasteiger partial charge in [-0.25, -0.2) is 0 Å². The molecule has 1 aromatic rings. The zero-order valence-electron chi connectivity index (χ0n) is 15.1. The van der Waals surface area contributed by atoms with Gasteiger partial charge in [0.15, 0.2) is 0 Å². The highest BCUT2D eigenvalue weighted by molar-refractivity contribution is 5.85. The number of benzene rings is 1. The standard InChI is InChI=1S/C19H29N3O2.ClH/c1-24-17-8-4-3-7-16(17)13-21-18(23)14-22-12-11-20-15-19(22)9-5-2-6-10-19;/h3-4,7-8,20H,2,5-6,9-15H2,1H3,(H,21,23);1H. The number of methoxy groups -OCH3 is 1. The molecular formula is C19H30ClN3O2. The average Bonchev–Trinajstić information content (AvgIpc) is 2.63. The summed E-state index contributed by atoms with van der Waals surface area (Å²) in [4.78, 5) is 14.9. The Hall–Kier alpha value is -1.30. The Labute approximate surface area is 156 Å². The Morgan fingerprint density at radius 2 is 2.04 bits per heavy atom. The van der Waals surface area contributed by atoms with Crippen LogP contribution in [0.25, 0.3) is 0 Å². The van der Waals surface area contributed by atoms with Crippen molar-refractivity contribution in [3.05, 3.63) is 29.8 Å². The molecule has 1 saturated heterocycles. The average molecular weight is 368 g/mol. The van der Waals surface area contributed by atoms with E-state index in [1.807, 2.05) is 24.3 Å². The van der Waals surface area contributed by atoms with Gasteiger partial charge in [0.2, 0.25) is 5.91 Å². The smallest absolute Gasteiger partial charge is 0.234 e. The van der Waals surface area contributed by atoms with Crippen LogP contribution < -0.4 is 15.4 Å². The van der Waals surface area contributed by atoms with Crippen LogP contribution in [-0.4, -0.2) is 49.6 Å². The number of hydrogen-bond acceptors (Lipinski definition) is 4. The van der Waals surface area contributed by atoms with Crippen LogP contribution in [0.2, 0.25) is 0 Å². The molecule has 2 fully saturated rings. The summed E-state index contributed by atoms with van der Waals surface area (Å²) >= 11 is 0. The van der Waals surface area contributed by atoms with Gasteiger partial charge in [0.1, 0.15) is 5.75 Å². The molecule has 0 bridgehead atoms. The molecule has 2 N–H and O–H groups in total. The number of rotatable bonds is 5. The molecule has 0 aromatic heterocycles. The van der Waals surface area contributed by atoms with Gasteiger partial charge in [0, 0.05) is 37.3 Å². The second-order valence-electron chi connectivity index (χ2n) is 6.97. The third-order valence-electron chi connectivity index (χ3n) is 5.47. The maximum Gasteiger partial charge on any atom is 0.234 e. The fourth-order valence-corrected chi connectivity index (χ4v) is 4.11. The number of halogens is 1. The second-order valence-corrected chi connectivity index (χ2v) is 6.97. The molecule has 1 amide bonds. The number of amides is 1. The van der Waals surface area contributed by atoms with Crippen LogP contribution in [0, 0.1) is 0 Å². The summed E-state index contributed by atoms with van der Waals surface area (Å²) in [6, 6.07) is 7.83. The first-order valence-electron chi connectivity index (χ1n) is 9.08. The lowest BCUT2D eigenvalue weighted by atomic mass is 9.79. The van der Waals surface area contributed by atoms with Gasteiger partial charge in [-0.1, -0.05) is 37.5 Å². The van der Waals surface area contributed by atoms with E-state index in [0.717, 1.165) is 30.9 Å². The quantitative estimate of drug-likeness (QED) is 0.838. The Morgan fingerprint density at radius 3 is 2.80 bits per heavy atom. The number of nitrogens with one attached hydrogen (secondary N) is 2. The van der Waals surface area contributed by atoms with Crippen molar-refractivity contribution >= 4 is 18.3 Å². The van der Waals surface area contributed by atoms with Gasteiger partial charge in [-0.15, -0.1) is 12.4 Å². The lowest BCUT2D eigenvalue weighted by Crippen LogP contribution is -2.63. The number of nitrogens with zero attached hydrogens (tertiary/aromatic N) is 1. The van der Waals surface area contributed by atoms with Gasteiger partial charge in [-0.05, 0) is 18.9 Å². The van der Waals surface area contributed by atoms with Crippen molar-refractivity contribution in [2.24, 2.45) is 0 Å². The molecule has 0 radical (unpaired) electrons. The zero-order valence-corrected chi connectivity index (χ0v) is 15.9. The van der Waals surface area contributed by atoms with Gasteiger partial charge in [0.05, 0.1) is 13.7 Å². The summed E-state index contributed by atoms with van der Waals surface area (Å²) in [5.74, 6) is 0.927. The molecule has 5 nitrogen and oxygen atoms in total. The third kappa shape index (κ3) is 4.87. The lowest BCUT2D eigenvalue weighted by Gasteiger charge is -2.49. The van der Waals surface area contributed by atoms with Gasteiger partial charge in [-0.3, -0.25) is 9.69 Å². The summed E-state index contributed by atoms with van der Waals surface area (Å²) in [7, 11) is 1.66. The highest BCUT2D eigenvalue weighted by Crippen LogP contribution is 2.34. The molecule has 0 atom stereocenters. The van der Waals surface area contributed by atoms with Gasteiger partial charge < -0.3 is 15.4 Å². The van der Waals surface area contributed by atoms with E-state index in [1.165, 1.54) is 32.1 Å². The fourth-order valence-electron chi connectivity index (χ4n) is 4.11. The molecule has 6 heteroatoms. The minimum Gasteiger partial charge on any atom is -0.496 e. The van der Waals surface area contributed by atoms with Crippen molar-refractivity contribution in [2.75, 3.05) is 33.3 Å². The number of hydrogen-bond donors (Lipinski definition) is 2. The summed E-state index contributed by atoms with van der Waals surface area (Å²) < 4.78 is 5.35. The van der Waals surface area contributed by atoms with E-state index < -0.39 is 0 Å². The maximum absolute atomic E-state index is 12.5.